The van der Waals surface area contributed by atoms with Gasteiger partial charge in [-0.1, -0.05) is 72.8 Å². The van der Waals surface area contributed by atoms with Crippen molar-refractivity contribution in [3.8, 4) is 28.5 Å². The van der Waals surface area contributed by atoms with Gasteiger partial charge in [-0.15, -0.1) is 0 Å². The summed E-state index contributed by atoms with van der Waals surface area (Å²) in [5.74, 6) is -0.230. The minimum absolute atomic E-state index is 0.230. The largest absolute Gasteiger partial charge is 0.327 e. The third-order valence-electron chi connectivity index (χ3n) is 5.70. The minimum Gasteiger partial charge on any atom is -0.327 e. The van der Waals surface area contributed by atoms with Crippen LogP contribution in [0.4, 0.5) is 5.69 Å². The standard InChI is InChI=1S/C28H21N5OS/c29-16-7-17-32-19-23(26(31-32)22-10-5-2-6-11-22)18-25-27(34)33(28(35)30-25)24-14-12-21(13-15-24)20-8-3-1-4-9-20/h1-6,8-15,18-19H,7,17H2,(H,30,35). The molecule has 1 saturated heterocycles. The van der Waals surface area contributed by atoms with Gasteiger partial charge in [0.2, 0.25) is 0 Å². The molecule has 0 bridgehead atoms. The topological polar surface area (TPSA) is 74.0 Å². The Hall–Kier alpha value is -4.54. The number of nitrogens with one attached hydrogen (secondary N) is 1. The van der Waals surface area contributed by atoms with E-state index in [0.717, 1.165) is 27.9 Å². The van der Waals surface area contributed by atoms with Crippen LogP contribution in [-0.4, -0.2) is 20.8 Å². The second kappa shape index (κ2) is 9.75. The van der Waals surface area contributed by atoms with Crippen LogP contribution in [0, 0.1) is 11.3 Å². The van der Waals surface area contributed by atoms with Crippen LogP contribution in [0.1, 0.15) is 12.0 Å². The van der Waals surface area contributed by atoms with Gasteiger partial charge in [0.1, 0.15) is 5.70 Å². The van der Waals surface area contributed by atoms with E-state index in [1.807, 2.05) is 91.1 Å². The highest BCUT2D eigenvalue weighted by Gasteiger charge is 2.32. The highest BCUT2D eigenvalue weighted by atomic mass is 32.1. The second-order valence-corrected chi connectivity index (χ2v) is 8.40. The van der Waals surface area contributed by atoms with Crippen LogP contribution in [0.5, 0.6) is 0 Å². The number of anilines is 1. The number of benzene rings is 3. The van der Waals surface area contributed by atoms with Gasteiger partial charge >= 0.3 is 0 Å². The number of nitrogens with zero attached hydrogens (tertiary/aromatic N) is 4. The Morgan fingerprint density at radius 3 is 2.20 bits per heavy atom. The summed E-state index contributed by atoms with van der Waals surface area (Å²) in [6.45, 7) is 0.471. The third kappa shape index (κ3) is 4.60. The van der Waals surface area contributed by atoms with Crippen molar-refractivity contribution in [2.24, 2.45) is 0 Å². The number of aromatic nitrogens is 2. The van der Waals surface area contributed by atoms with Crippen LogP contribution in [0.25, 0.3) is 28.5 Å². The van der Waals surface area contributed by atoms with Crippen molar-refractivity contribution in [3.63, 3.8) is 0 Å². The molecule has 1 aliphatic rings. The number of aryl methyl sites for hydroxylation is 1. The molecule has 0 atom stereocenters. The summed E-state index contributed by atoms with van der Waals surface area (Å²) in [5, 5.41) is 17.0. The molecular weight excluding hydrogens is 454 g/mol. The van der Waals surface area contributed by atoms with Gasteiger partial charge in [-0.2, -0.15) is 10.4 Å². The molecule has 0 unspecified atom stereocenters. The number of hydrogen-bond acceptors (Lipinski definition) is 4. The number of carbonyl (C=O) groups excluding carboxylic acids is 1. The SMILES string of the molecule is N#CCCn1cc(C=C2NC(=S)N(c3ccc(-c4ccccc4)cc3)C2=O)c(-c2ccccc2)n1. The van der Waals surface area contributed by atoms with E-state index in [1.54, 1.807) is 10.8 Å². The Labute approximate surface area is 208 Å². The number of nitriles is 1. The fourth-order valence-electron chi connectivity index (χ4n) is 4.00. The van der Waals surface area contributed by atoms with Crippen molar-refractivity contribution >= 4 is 35.0 Å². The normalized spacial score (nSPS) is 14.3. The van der Waals surface area contributed by atoms with Crippen LogP contribution >= 0.6 is 12.2 Å². The molecule has 1 amide bonds. The molecule has 1 fully saturated rings. The zero-order valence-corrected chi connectivity index (χ0v) is 19.6. The molecule has 0 saturated carbocycles. The van der Waals surface area contributed by atoms with Gasteiger partial charge in [0.25, 0.3) is 5.91 Å². The number of rotatable bonds is 6. The highest BCUT2D eigenvalue weighted by Crippen LogP contribution is 2.28. The summed E-state index contributed by atoms with van der Waals surface area (Å²) in [6, 6.07) is 29.7. The van der Waals surface area contributed by atoms with E-state index in [0.29, 0.717) is 29.5 Å². The van der Waals surface area contributed by atoms with Crippen LogP contribution in [0.15, 0.2) is 96.8 Å². The molecule has 6 nitrogen and oxygen atoms in total. The Kier molecular flexibility index (Phi) is 6.20. The first-order valence-corrected chi connectivity index (χ1v) is 11.6. The molecule has 170 valence electrons. The summed E-state index contributed by atoms with van der Waals surface area (Å²) in [4.78, 5) is 14.8. The van der Waals surface area contributed by atoms with E-state index < -0.39 is 0 Å². The van der Waals surface area contributed by atoms with Crippen molar-refractivity contribution in [2.45, 2.75) is 13.0 Å². The van der Waals surface area contributed by atoms with E-state index >= 15 is 0 Å². The van der Waals surface area contributed by atoms with E-state index in [9.17, 15) is 4.79 Å². The number of hydrogen-bond donors (Lipinski definition) is 1. The maximum absolute atomic E-state index is 13.3. The second-order valence-electron chi connectivity index (χ2n) is 8.01. The van der Waals surface area contributed by atoms with Crippen LogP contribution in [0.2, 0.25) is 0 Å². The predicted octanol–water partition coefficient (Wildman–Crippen LogP) is 5.39. The lowest BCUT2D eigenvalue weighted by Gasteiger charge is -2.14. The van der Waals surface area contributed by atoms with Crippen LogP contribution < -0.4 is 10.2 Å². The Morgan fingerprint density at radius 2 is 1.54 bits per heavy atom. The van der Waals surface area contributed by atoms with E-state index in [4.69, 9.17) is 17.5 Å². The molecule has 5 rings (SSSR count). The average Bonchev–Trinajstić information content (AvgIpc) is 3.43. The molecule has 0 radical (unpaired) electrons. The summed E-state index contributed by atoms with van der Waals surface area (Å²) in [7, 11) is 0. The average molecular weight is 476 g/mol. The predicted molar refractivity (Wildman–Crippen MR) is 141 cm³/mol. The summed E-state index contributed by atoms with van der Waals surface area (Å²) in [6.07, 6.45) is 3.97. The van der Waals surface area contributed by atoms with Gasteiger partial charge < -0.3 is 5.32 Å². The lowest BCUT2D eigenvalue weighted by molar-refractivity contribution is -0.113. The molecule has 2 heterocycles. The molecular formula is C28H21N5OS. The summed E-state index contributed by atoms with van der Waals surface area (Å²) in [5.41, 5.74) is 5.68. The van der Waals surface area contributed by atoms with Crippen molar-refractivity contribution in [1.82, 2.24) is 15.1 Å². The number of thiocarbonyl (C=S) groups is 1. The molecule has 1 aliphatic heterocycles. The van der Waals surface area contributed by atoms with Gasteiger partial charge in [-0.25, -0.2) is 0 Å². The maximum atomic E-state index is 13.3. The van der Waals surface area contributed by atoms with Crippen molar-refractivity contribution in [3.05, 3.63) is 102 Å². The summed E-state index contributed by atoms with van der Waals surface area (Å²) < 4.78 is 1.73. The van der Waals surface area contributed by atoms with Crippen molar-refractivity contribution in [1.29, 1.82) is 5.26 Å². The first kappa shape index (κ1) is 22.3. The zero-order chi connectivity index (χ0) is 24.2. The quantitative estimate of drug-likeness (QED) is 0.299. The van der Waals surface area contributed by atoms with E-state index in [-0.39, 0.29) is 5.91 Å². The Morgan fingerprint density at radius 1 is 0.914 bits per heavy atom. The van der Waals surface area contributed by atoms with Crippen molar-refractivity contribution in [2.75, 3.05) is 4.90 Å². The first-order chi connectivity index (χ1) is 17.1. The zero-order valence-electron chi connectivity index (χ0n) is 18.8. The first-order valence-electron chi connectivity index (χ1n) is 11.2. The third-order valence-corrected chi connectivity index (χ3v) is 5.99. The molecule has 7 heteroatoms. The monoisotopic (exact) mass is 475 g/mol. The molecule has 0 aliphatic carbocycles. The van der Waals surface area contributed by atoms with Gasteiger partial charge in [-0.3, -0.25) is 14.4 Å². The van der Waals surface area contributed by atoms with E-state index in [2.05, 4.69) is 16.5 Å². The summed E-state index contributed by atoms with van der Waals surface area (Å²) >= 11 is 5.50. The minimum atomic E-state index is -0.230. The fourth-order valence-corrected chi connectivity index (χ4v) is 4.30. The molecule has 35 heavy (non-hydrogen) atoms. The van der Waals surface area contributed by atoms with Gasteiger partial charge in [0.05, 0.1) is 30.4 Å². The van der Waals surface area contributed by atoms with Gasteiger partial charge in [0, 0.05) is 17.3 Å². The molecule has 4 aromatic rings. The highest BCUT2D eigenvalue weighted by molar-refractivity contribution is 7.80. The molecule has 0 spiro atoms. The lowest BCUT2D eigenvalue weighted by Crippen LogP contribution is -2.30. The van der Waals surface area contributed by atoms with Crippen LogP contribution in [-0.2, 0) is 11.3 Å². The van der Waals surface area contributed by atoms with Gasteiger partial charge in [0.15, 0.2) is 5.11 Å². The smallest absolute Gasteiger partial charge is 0.281 e. The molecule has 3 aromatic carbocycles. The Bertz CT molecular complexity index is 1450. The number of carbonyl (C=O) groups is 1. The van der Waals surface area contributed by atoms with Crippen LogP contribution in [0.3, 0.4) is 0 Å². The lowest BCUT2D eigenvalue weighted by atomic mass is 10.1. The Balaban J connectivity index is 1.45. The van der Waals surface area contributed by atoms with E-state index in [1.165, 1.54) is 4.90 Å². The van der Waals surface area contributed by atoms with Crippen molar-refractivity contribution < 1.29 is 4.79 Å². The fraction of sp³-hybridized carbons (Fsp3) is 0.0714. The maximum Gasteiger partial charge on any atom is 0.281 e. The molecule has 1 aromatic heterocycles. The molecule has 1 N–H and O–H groups in total. The number of amides is 1. The van der Waals surface area contributed by atoms with Gasteiger partial charge in [-0.05, 0) is 41.6 Å².